The zero-order valence-electron chi connectivity index (χ0n) is 26.9. The van der Waals surface area contributed by atoms with Crippen LogP contribution in [0.25, 0.3) is 22.4 Å². The fourth-order valence-electron chi connectivity index (χ4n) is 5.68. The van der Waals surface area contributed by atoms with Crippen LogP contribution in [0.3, 0.4) is 0 Å². The van der Waals surface area contributed by atoms with Crippen LogP contribution in [0.15, 0.2) is 85.1 Å². The number of methoxy groups -OCH3 is 1. The predicted octanol–water partition coefficient (Wildman–Crippen LogP) is 7.69. The number of aromatic nitrogens is 2. The van der Waals surface area contributed by atoms with Crippen LogP contribution in [0.2, 0.25) is 10.0 Å². The SMILES string of the molecule is COc1nc(-c2cccc(-c3cccc(Nc4nccc(CNc5ccc(C(=O)O)cc5)c4F)c3Cl)c2Cl)ccc1CNCC1CCC(=O)N1. The molecule has 1 unspecified atom stereocenters. The number of nitrogens with zero attached hydrogens (tertiary/aromatic N) is 2. The third-order valence-corrected chi connectivity index (χ3v) is 9.14. The molecule has 1 atom stereocenters. The predicted molar refractivity (Wildman–Crippen MR) is 193 cm³/mol. The number of pyridine rings is 2. The van der Waals surface area contributed by atoms with Crippen LogP contribution < -0.4 is 26.0 Å². The topological polar surface area (TPSA) is 138 Å². The minimum Gasteiger partial charge on any atom is -0.481 e. The Kier molecular flexibility index (Phi) is 10.8. The fourth-order valence-corrected chi connectivity index (χ4v) is 6.28. The molecule has 3 aromatic carbocycles. The first-order valence-electron chi connectivity index (χ1n) is 15.8. The molecule has 1 fully saturated rings. The van der Waals surface area contributed by atoms with Gasteiger partial charge in [-0.3, -0.25) is 4.79 Å². The highest BCUT2D eigenvalue weighted by molar-refractivity contribution is 6.39. The molecule has 1 amide bonds. The van der Waals surface area contributed by atoms with Gasteiger partial charge in [-0.25, -0.2) is 19.2 Å². The number of carbonyl (C=O) groups is 2. The van der Waals surface area contributed by atoms with Crippen LogP contribution in [0.4, 0.5) is 21.6 Å². The molecule has 13 heteroatoms. The summed E-state index contributed by atoms with van der Waals surface area (Å²) in [6.45, 7) is 1.31. The number of nitrogens with one attached hydrogen (secondary N) is 4. The van der Waals surface area contributed by atoms with Gasteiger partial charge >= 0.3 is 5.97 Å². The van der Waals surface area contributed by atoms with Crippen molar-refractivity contribution in [1.29, 1.82) is 0 Å². The second-order valence-corrected chi connectivity index (χ2v) is 12.4. The van der Waals surface area contributed by atoms with Crippen molar-refractivity contribution in [2.45, 2.75) is 32.0 Å². The standard InChI is InChI=1S/C37H33Cl2FN6O4/c1-50-36-23(18-41-20-25-13-15-31(47)44-25)10-14-29(46-36)28-6-2-4-26(32(28)38)27-5-3-7-30(33(27)39)45-35-34(40)22(16-17-42-35)19-43-24-11-8-21(9-12-24)37(48)49/h2-12,14,16-17,25,41,43H,13,15,18-20H2,1H3,(H,42,45)(H,44,47)(H,48,49). The minimum atomic E-state index is -1.02. The first-order chi connectivity index (χ1) is 24.2. The van der Waals surface area contributed by atoms with Crippen molar-refractivity contribution in [3.05, 3.63) is 118 Å². The van der Waals surface area contributed by atoms with E-state index in [2.05, 4.69) is 26.3 Å². The molecule has 0 spiro atoms. The second-order valence-electron chi connectivity index (χ2n) is 11.6. The molecule has 1 aliphatic heterocycles. The van der Waals surface area contributed by atoms with E-state index in [-0.39, 0.29) is 29.9 Å². The highest BCUT2D eigenvalue weighted by atomic mass is 35.5. The Morgan fingerprint density at radius 1 is 0.960 bits per heavy atom. The molecule has 5 aromatic rings. The van der Waals surface area contributed by atoms with E-state index in [0.717, 1.165) is 12.0 Å². The maximum atomic E-state index is 15.6. The maximum absolute atomic E-state index is 15.6. The Labute approximate surface area is 298 Å². The fraction of sp³-hybridized carbons (Fsp3) is 0.189. The molecule has 0 radical (unpaired) electrons. The Balaban J connectivity index is 1.19. The summed E-state index contributed by atoms with van der Waals surface area (Å²) in [5.74, 6) is -1.06. The Hall–Kier alpha value is -5.23. The van der Waals surface area contributed by atoms with Gasteiger partial charge in [0, 0.05) is 71.8 Å². The summed E-state index contributed by atoms with van der Waals surface area (Å²) < 4.78 is 21.2. The smallest absolute Gasteiger partial charge is 0.335 e. The Morgan fingerprint density at radius 2 is 1.70 bits per heavy atom. The zero-order valence-corrected chi connectivity index (χ0v) is 28.4. The molecule has 10 nitrogen and oxygen atoms in total. The van der Waals surface area contributed by atoms with Gasteiger partial charge in [0.05, 0.1) is 34.1 Å². The van der Waals surface area contributed by atoms with E-state index in [1.54, 1.807) is 37.4 Å². The van der Waals surface area contributed by atoms with Gasteiger partial charge in [0.1, 0.15) is 0 Å². The second kappa shape index (κ2) is 15.5. The highest BCUT2D eigenvalue weighted by Gasteiger charge is 2.21. The summed E-state index contributed by atoms with van der Waals surface area (Å²) in [6.07, 6.45) is 2.86. The number of carbonyl (C=O) groups excluding carboxylic acids is 1. The zero-order chi connectivity index (χ0) is 35.2. The molecule has 0 bridgehead atoms. The minimum absolute atomic E-state index is 0.0108. The normalized spacial score (nSPS) is 13.9. The van der Waals surface area contributed by atoms with Gasteiger partial charge in [0.15, 0.2) is 11.6 Å². The molecule has 5 N–H and O–H groups in total. The van der Waals surface area contributed by atoms with Gasteiger partial charge < -0.3 is 31.1 Å². The number of carboxylic acids is 1. The number of hydrogen-bond donors (Lipinski definition) is 5. The molecule has 2 aromatic heterocycles. The van der Waals surface area contributed by atoms with Crippen molar-refractivity contribution in [3.63, 3.8) is 0 Å². The summed E-state index contributed by atoms with van der Waals surface area (Å²) in [4.78, 5) is 31.5. The van der Waals surface area contributed by atoms with Gasteiger partial charge in [0.2, 0.25) is 11.8 Å². The van der Waals surface area contributed by atoms with E-state index in [1.165, 1.54) is 18.3 Å². The van der Waals surface area contributed by atoms with E-state index in [9.17, 15) is 9.59 Å². The van der Waals surface area contributed by atoms with Crippen LogP contribution in [0.5, 0.6) is 5.88 Å². The number of anilines is 3. The monoisotopic (exact) mass is 714 g/mol. The van der Waals surface area contributed by atoms with Crippen LogP contribution in [0.1, 0.15) is 34.3 Å². The van der Waals surface area contributed by atoms with Crippen molar-refractivity contribution in [3.8, 4) is 28.3 Å². The summed E-state index contributed by atoms with van der Waals surface area (Å²) in [6, 6.07) is 22.6. The van der Waals surface area contributed by atoms with E-state index in [4.69, 9.17) is 38.0 Å². The van der Waals surface area contributed by atoms with Gasteiger partial charge in [0.25, 0.3) is 0 Å². The largest absolute Gasteiger partial charge is 0.481 e. The average Bonchev–Trinajstić information content (AvgIpc) is 3.54. The van der Waals surface area contributed by atoms with E-state index in [1.807, 2.05) is 36.4 Å². The lowest BCUT2D eigenvalue weighted by molar-refractivity contribution is -0.119. The number of hydrogen-bond acceptors (Lipinski definition) is 8. The number of aromatic carboxylic acids is 1. The van der Waals surface area contributed by atoms with E-state index >= 15 is 4.39 Å². The summed E-state index contributed by atoms with van der Waals surface area (Å²) in [5.41, 5.74) is 5.01. The third-order valence-electron chi connectivity index (χ3n) is 8.32. The molecular formula is C37H33Cl2FN6O4. The van der Waals surface area contributed by atoms with Gasteiger partial charge in [-0.1, -0.05) is 59.6 Å². The first kappa shape index (κ1) is 34.6. The summed E-state index contributed by atoms with van der Waals surface area (Å²) >= 11 is 13.9. The molecular weight excluding hydrogens is 682 g/mol. The summed E-state index contributed by atoms with van der Waals surface area (Å²) in [7, 11) is 1.56. The van der Waals surface area contributed by atoms with Crippen LogP contribution >= 0.6 is 23.2 Å². The van der Waals surface area contributed by atoms with E-state index < -0.39 is 11.8 Å². The van der Waals surface area contributed by atoms with Crippen molar-refractivity contribution >= 4 is 52.3 Å². The molecule has 6 rings (SSSR count). The first-order valence-corrected chi connectivity index (χ1v) is 16.6. The maximum Gasteiger partial charge on any atom is 0.335 e. The van der Waals surface area contributed by atoms with Crippen LogP contribution in [-0.4, -0.2) is 46.6 Å². The molecule has 3 heterocycles. The third kappa shape index (κ3) is 7.81. The van der Waals surface area contributed by atoms with Gasteiger partial charge in [-0.2, -0.15) is 0 Å². The number of benzene rings is 3. The average molecular weight is 716 g/mol. The van der Waals surface area contributed by atoms with Crippen molar-refractivity contribution < 1.29 is 23.8 Å². The molecule has 50 heavy (non-hydrogen) atoms. The Morgan fingerprint density at radius 3 is 2.42 bits per heavy atom. The highest BCUT2D eigenvalue weighted by Crippen LogP contribution is 2.42. The molecule has 0 aliphatic carbocycles. The van der Waals surface area contributed by atoms with Crippen molar-refractivity contribution in [2.24, 2.45) is 0 Å². The van der Waals surface area contributed by atoms with Crippen LogP contribution in [-0.2, 0) is 17.9 Å². The molecule has 1 saturated heterocycles. The lowest BCUT2D eigenvalue weighted by Gasteiger charge is -2.16. The lowest BCUT2D eigenvalue weighted by Crippen LogP contribution is -2.35. The summed E-state index contributed by atoms with van der Waals surface area (Å²) in [5, 5.41) is 22.3. The molecule has 1 aliphatic rings. The number of rotatable bonds is 13. The lowest BCUT2D eigenvalue weighted by atomic mass is 10.00. The molecule has 256 valence electrons. The van der Waals surface area contributed by atoms with Crippen molar-refractivity contribution in [2.75, 3.05) is 24.3 Å². The number of ether oxygens (including phenoxy) is 1. The van der Waals surface area contributed by atoms with Crippen molar-refractivity contribution in [1.82, 2.24) is 20.6 Å². The Bertz CT molecular complexity index is 2050. The van der Waals surface area contributed by atoms with E-state index in [0.29, 0.717) is 74.8 Å². The van der Waals surface area contributed by atoms with Gasteiger partial charge in [-0.15, -0.1) is 0 Å². The number of amides is 1. The quantitative estimate of drug-likeness (QED) is 0.0831. The molecule has 0 saturated carbocycles. The van der Waals surface area contributed by atoms with Gasteiger partial charge in [-0.05, 0) is 48.9 Å². The number of halogens is 3. The van der Waals surface area contributed by atoms with Crippen LogP contribution in [0, 0.1) is 5.82 Å². The number of carboxylic acid groups (broad SMARTS) is 1.